The number of nitrogens with two attached hydrogens (primary N) is 1. The Hall–Kier alpha value is -3.59. The first-order chi connectivity index (χ1) is 15.1. The Morgan fingerprint density at radius 1 is 1.38 bits per heavy atom. The van der Waals surface area contributed by atoms with Crippen molar-refractivity contribution >= 4 is 34.4 Å². The molecule has 2 amide bonds. The number of esters is 1. The number of hydrogen-bond acceptors (Lipinski definition) is 6. The summed E-state index contributed by atoms with van der Waals surface area (Å²) in [7, 11) is 0. The highest BCUT2D eigenvalue weighted by Gasteiger charge is 2.41. The second kappa shape index (κ2) is 9.27. The zero-order valence-corrected chi connectivity index (χ0v) is 16.7. The Morgan fingerprint density at radius 2 is 2.12 bits per heavy atom. The number of nitrogens with zero attached hydrogens (tertiary/aromatic N) is 2. The van der Waals surface area contributed by atoms with E-state index < -0.39 is 36.7 Å². The van der Waals surface area contributed by atoms with Crippen LogP contribution in [0.5, 0.6) is 0 Å². The van der Waals surface area contributed by atoms with E-state index in [9.17, 15) is 27.6 Å². The van der Waals surface area contributed by atoms with Crippen LogP contribution < -0.4 is 11.1 Å². The lowest BCUT2D eigenvalue weighted by Gasteiger charge is -2.23. The third kappa shape index (κ3) is 5.17. The van der Waals surface area contributed by atoms with E-state index in [-0.39, 0.29) is 18.0 Å². The number of nitriles is 1. The molecule has 1 aromatic carbocycles. The van der Waals surface area contributed by atoms with Gasteiger partial charge in [0.2, 0.25) is 5.91 Å². The summed E-state index contributed by atoms with van der Waals surface area (Å²) < 4.78 is 40.4. The van der Waals surface area contributed by atoms with Crippen molar-refractivity contribution in [2.24, 2.45) is 5.73 Å². The second-order valence-corrected chi connectivity index (χ2v) is 7.33. The van der Waals surface area contributed by atoms with Crippen molar-refractivity contribution < 1.29 is 32.3 Å². The molecule has 0 spiro atoms. The highest BCUT2D eigenvalue weighted by molar-refractivity contribution is 5.96. The van der Waals surface area contributed by atoms with Gasteiger partial charge in [0.25, 0.3) is 5.91 Å². The van der Waals surface area contributed by atoms with Crippen molar-refractivity contribution in [3.05, 3.63) is 30.0 Å². The second-order valence-electron chi connectivity index (χ2n) is 7.33. The van der Waals surface area contributed by atoms with Crippen LogP contribution in [0.15, 0.2) is 24.4 Å². The van der Waals surface area contributed by atoms with E-state index in [4.69, 9.17) is 11.0 Å². The minimum atomic E-state index is -5.18. The first-order valence-corrected chi connectivity index (χ1v) is 9.69. The van der Waals surface area contributed by atoms with Gasteiger partial charge in [0.1, 0.15) is 6.04 Å². The molecule has 12 heteroatoms. The number of rotatable bonds is 6. The van der Waals surface area contributed by atoms with Gasteiger partial charge in [0, 0.05) is 29.3 Å². The minimum Gasteiger partial charge on any atom is -0.449 e. The van der Waals surface area contributed by atoms with E-state index in [1.54, 1.807) is 18.3 Å². The summed E-state index contributed by atoms with van der Waals surface area (Å²) in [5.41, 5.74) is 7.73. The lowest BCUT2D eigenvalue weighted by Crippen LogP contribution is -2.46. The predicted molar refractivity (Wildman–Crippen MR) is 106 cm³/mol. The van der Waals surface area contributed by atoms with E-state index in [1.165, 1.54) is 11.0 Å². The van der Waals surface area contributed by atoms with E-state index in [1.807, 2.05) is 0 Å². The number of ether oxygens (including phenoxy) is 1. The van der Waals surface area contributed by atoms with Crippen molar-refractivity contribution in [3.63, 3.8) is 0 Å². The predicted octanol–water partition coefficient (Wildman–Crippen LogP) is 1.60. The maximum absolute atomic E-state index is 12.6. The molecule has 4 N–H and O–H groups in total. The fourth-order valence-electron chi connectivity index (χ4n) is 3.54. The number of halogens is 3. The number of alkyl halides is 3. The molecule has 170 valence electrons. The number of likely N-dealkylation sites (tertiary alicyclic amines) is 1. The Balaban J connectivity index is 1.66. The molecule has 1 fully saturated rings. The number of carbonyl (C=O) groups is 3. The van der Waals surface area contributed by atoms with Crippen LogP contribution in [0.3, 0.4) is 0 Å². The van der Waals surface area contributed by atoms with Gasteiger partial charge in [-0.3, -0.25) is 9.59 Å². The Labute approximate surface area is 180 Å². The number of fused-ring (bicyclic) bond motifs is 1. The van der Waals surface area contributed by atoms with Gasteiger partial charge in [-0.25, -0.2) is 4.79 Å². The normalized spacial score (nSPS) is 17.1. The highest BCUT2D eigenvalue weighted by atomic mass is 19.4. The van der Waals surface area contributed by atoms with E-state index in [0.29, 0.717) is 29.4 Å². The number of aromatic amines is 1. The number of anilines is 1. The van der Waals surface area contributed by atoms with Crippen LogP contribution in [0.25, 0.3) is 10.9 Å². The summed E-state index contributed by atoms with van der Waals surface area (Å²) in [6, 6.07) is 5.46. The van der Waals surface area contributed by atoms with Gasteiger partial charge in [-0.2, -0.15) is 18.4 Å². The van der Waals surface area contributed by atoms with Crippen LogP contribution in [0.1, 0.15) is 18.4 Å². The van der Waals surface area contributed by atoms with E-state index in [2.05, 4.69) is 21.1 Å². The molecule has 0 bridgehead atoms. The van der Waals surface area contributed by atoms with Crippen molar-refractivity contribution in [1.29, 1.82) is 5.26 Å². The molecular weight excluding hydrogens is 431 g/mol. The molecule has 2 aromatic rings. The van der Waals surface area contributed by atoms with Crippen molar-refractivity contribution in [1.82, 2.24) is 9.88 Å². The fraction of sp³-hybridized carbons (Fsp3) is 0.400. The van der Waals surface area contributed by atoms with Crippen LogP contribution in [-0.2, 0) is 25.5 Å². The minimum absolute atomic E-state index is 0.175. The SMILES string of the molecule is N#CC1CCCN1C(=O)C(N)Cc1c[nH]c2ccc(NC(=O)COC(=O)C(F)(F)F)cc12. The van der Waals surface area contributed by atoms with Gasteiger partial charge >= 0.3 is 12.1 Å². The number of aromatic nitrogens is 1. The molecule has 32 heavy (non-hydrogen) atoms. The number of hydrogen-bond donors (Lipinski definition) is 3. The van der Waals surface area contributed by atoms with Crippen LogP contribution in [0.2, 0.25) is 0 Å². The topological polar surface area (TPSA) is 141 Å². The quantitative estimate of drug-likeness (QED) is 0.570. The number of benzene rings is 1. The monoisotopic (exact) mass is 451 g/mol. The molecular formula is C20H20F3N5O4. The number of nitrogens with one attached hydrogen (secondary N) is 2. The smallest absolute Gasteiger partial charge is 0.449 e. The molecule has 3 rings (SSSR count). The molecule has 1 aliphatic rings. The van der Waals surface area contributed by atoms with Gasteiger partial charge in [-0.05, 0) is 43.0 Å². The van der Waals surface area contributed by atoms with Gasteiger partial charge in [-0.1, -0.05) is 0 Å². The zero-order valence-electron chi connectivity index (χ0n) is 16.7. The summed E-state index contributed by atoms with van der Waals surface area (Å²) in [6.45, 7) is -0.612. The fourth-order valence-corrected chi connectivity index (χ4v) is 3.54. The van der Waals surface area contributed by atoms with Crippen molar-refractivity contribution in [2.75, 3.05) is 18.5 Å². The average Bonchev–Trinajstić information content (AvgIpc) is 3.37. The van der Waals surface area contributed by atoms with E-state index in [0.717, 1.165) is 6.42 Å². The van der Waals surface area contributed by atoms with Gasteiger partial charge in [0.15, 0.2) is 6.61 Å². The van der Waals surface area contributed by atoms with Crippen molar-refractivity contribution in [3.8, 4) is 6.07 Å². The third-order valence-corrected chi connectivity index (χ3v) is 5.06. The van der Waals surface area contributed by atoms with Crippen LogP contribution in [-0.4, -0.2) is 59.1 Å². The van der Waals surface area contributed by atoms with Gasteiger partial charge < -0.3 is 25.7 Å². The molecule has 1 aromatic heterocycles. The van der Waals surface area contributed by atoms with Crippen molar-refractivity contribution in [2.45, 2.75) is 37.5 Å². The van der Waals surface area contributed by atoms with Gasteiger partial charge in [-0.15, -0.1) is 0 Å². The van der Waals surface area contributed by atoms with Crippen LogP contribution in [0, 0.1) is 11.3 Å². The zero-order chi connectivity index (χ0) is 23.5. The maximum atomic E-state index is 12.6. The number of carbonyl (C=O) groups excluding carboxylic acids is 3. The molecule has 1 saturated heterocycles. The third-order valence-electron chi connectivity index (χ3n) is 5.06. The molecule has 9 nitrogen and oxygen atoms in total. The molecule has 0 radical (unpaired) electrons. The summed E-state index contributed by atoms with van der Waals surface area (Å²) >= 11 is 0. The first kappa shape index (κ1) is 23.1. The highest BCUT2D eigenvalue weighted by Crippen LogP contribution is 2.25. The first-order valence-electron chi connectivity index (χ1n) is 9.69. The molecule has 2 heterocycles. The molecule has 2 atom stereocenters. The summed E-state index contributed by atoms with van der Waals surface area (Å²) in [6.07, 6.45) is -1.99. The lowest BCUT2D eigenvalue weighted by atomic mass is 10.0. The summed E-state index contributed by atoms with van der Waals surface area (Å²) in [5, 5.41) is 12.2. The molecule has 0 saturated carbocycles. The molecule has 2 unspecified atom stereocenters. The Kier molecular flexibility index (Phi) is 6.69. The van der Waals surface area contributed by atoms with Gasteiger partial charge in [0.05, 0.1) is 12.1 Å². The molecule has 1 aliphatic heterocycles. The average molecular weight is 451 g/mol. The van der Waals surface area contributed by atoms with Crippen LogP contribution in [0.4, 0.5) is 18.9 Å². The number of amides is 2. The maximum Gasteiger partial charge on any atom is 0.490 e. The number of H-pyrrole nitrogens is 1. The lowest BCUT2D eigenvalue weighted by molar-refractivity contribution is -0.199. The summed E-state index contributed by atoms with van der Waals surface area (Å²) in [4.78, 5) is 39.7. The van der Waals surface area contributed by atoms with Crippen LogP contribution >= 0.6 is 0 Å². The standard InChI is InChI=1S/C20H20F3N5O4/c21-20(22,23)19(31)32-10-17(29)27-12-3-4-16-14(7-12)11(9-26-16)6-15(25)18(30)28-5-1-2-13(28)8-24/h3-4,7,9,13,15,26H,1-2,5-6,10,25H2,(H,27,29). The summed E-state index contributed by atoms with van der Waals surface area (Å²) in [5.74, 6) is -3.71. The van der Waals surface area contributed by atoms with E-state index >= 15 is 0 Å². The Morgan fingerprint density at radius 3 is 2.81 bits per heavy atom. The Bertz CT molecular complexity index is 1080. The largest absolute Gasteiger partial charge is 0.490 e. The molecule has 0 aliphatic carbocycles.